The number of carbonyl (C=O) groups is 3. The molecule has 0 unspecified atom stereocenters. The van der Waals surface area contributed by atoms with Crippen LogP contribution in [0.25, 0.3) is 0 Å². The lowest BCUT2D eigenvalue weighted by Gasteiger charge is -2.19. The summed E-state index contributed by atoms with van der Waals surface area (Å²) in [4.78, 5) is 34.0. The molecule has 16 heavy (non-hydrogen) atoms. The molecule has 4 nitrogen and oxygen atoms in total. The Labute approximate surface area is 95.1 Å². The zero-order chi connectivity index (χ0) is 12.3. The summed E-state index contributed by atoms with van der Waals surface area (Å²) in [6.07, 6.45) is 2.44. The van der Waals surface area contributed by atoms with Gasteiger partial charge in [0, 0.05) is 13.0 Å². The molecule has 0 saturated heterocycles. The van der Waals surface area contributed by atoms with Crippen LogP contribution in [0, 0.1) is 11.3 Å². The van der Waals surface area contributed by atoms with Gasteiger partial charge in [-0.3, -0.25) is 14.4 Å². The van der Waals surface area contributed by atoms with Crippen molar-refractivity contribution in [3.05, 3.63) is 12.2 Å². The molecule has 0 spiro atoms. The molecule has 1 aliphatic carbocycles. The van der Waals surface area contributed by atoms with E-state index in [0.29, 0.717) is 6.54 Å². The highest BCUT2D eigenvalue weighted by atomic mass is 16.2. The highest BCUT2D eigenvalue weighted by Gasteiger charge is 2.30. The van der Waals surface area contributed by atoms with Gasteiger partial charge in [-0.25, -0.2) is 0 Å². The van der Waals surface area contributed by atoms with E-state index in [-0.39, 0.29) is 29.3 Å². The molecule has 0 saturated carbocycles. The zero-order valence-electron chi connectivity index (χ0n) is 9.87. The smallest absolute Gasteiger partial charge is 0.221 e. The van der Waals surface area contributed by atoms with Crippen LogP contribution in [-0.2, 0) is 14.4 Å². The van der Waals surface area contributed by atoms with Crippen LogP contribution in [0.2, 0.25) is 0 Å². The third kappa shape index (κ3) is 3.61. The third-order valence-electron chi connectivity index (χ3n) is 2.30. The summed E-state index contributed by atoms with van der Waals surface area (Å²) in [6.45, 7) is 6.54. The predicted octanol–water partition coefficient (Wildman–Crippen LogP) is 0.863. The molecule has 0 radical (unpaired) electrons. The molecular formula is C12H17NO3. The van der Waals surface area contributed by atoms with Gasteiger partial charge in [0.05, 0.1) is 5.92 Å². The van der Waals surface area contributed by atoms with Gasteiger partial charge in [-0.2, -0.15) is 0 Å². The lowest BCUT2D eigenvalue weighted by atomic mass is 9.96. The van der Waals surface area contributed by atoms with Crippen molar-refractivity contribution >= 4 is 17.5 Å². The first-order valence-corrected chi connectivity index (χ1v) is 5.32. The van der Waals surface area contributed by atoms with Crippen molar-refractivity contribution < 1.29 is 14.4 Å². The quantitative estimate of drug-likeness (QED) is 0.722. The zero-order valence-corrected chi connectivity index (χ0v) is 9.87. The number of amides is 1. The van der Waals surface area contributed by atoms with Crippen molar-refractivity contribution in [1.29, 1.82) is 0 Å². The number of ketones is 2. The standard InChI is InChI=1S/C12H17NO3/c1-12(2,3)7-13-11(16)6-8-9(14)4-5-10(8)15/h4-5,8H,6-7H2,1-3H3,(H,13,16). The van der Waals surface area contributed by atoms with Gasteiger partial charge in [0.15, 0.2) is 11.6 Å². The van der Waals surface area contributed by atoms with Crippen LogP contribution >= 0.6 is 0 Å². The average molecular weight is 223 g/mol. The molecule has 0 bridgehead atoms. The average Bonchev–Trinajstić information content (AvgIpc) is 2.45. The second kappa shape index (κ2) is 4.60. The topological polar surface area (TPSA) is 63.2 Å². The van der Waals surface area contributed by atoms with E-state index in [0.717, 1.165) is 0 Å². The van der Waals surface area contributed by atoms with Crippen molar-refractivity contribution in [1.82, 2.24) is 5.32 Å². The highest BCUT2D eigenvalue weighted by molar-refractivity contribution is 6.19. The van der Waals surface area contributed by atoms with Crippen LogP contribution in [0.3, 0.4) is 0 Å². The largest absolute Gasteiger partial charge is 0.356 e. The normalized spacial score (nSPS) is 16.9. The van der Waals surface area contributed by atoms with E-state index in [9.17, 15) is 14.4 Å². The maximum Gasteiger partial charge on any atom is 0.221 e. The van der Waals surface area contributed by atoms with Crippen molar-refractivity contribution in [3.8, 4) is 0 Å². The number of rotatable bonds is 3. The van der Waals surface area contributed by atoms with E-state index in [4.69, 9.17) is 0 Å². The van der Waals surface area contributed by atoms with Crippen LogP contribution in [0.15, 0.2) is 12.2 Å². The van der Waals surface area contributed by atoms with E-state index < -0.39 is 5.92 Å². The van der Waals surface area contributed by atoms with Crippen LogP contribution < -0.4 is 5.32 Å². The fourth-order valence-corrected chi connectivity index (χ4v) is 1.36. The summed E-state index contributed by atoms with van der Waals surface area (Å²) in [5, 5.41) is 2.72. The van der Waals surface area contributed by atoms with E-state index >= 15 is 0 Å². The monoisotopic (exact) mass is 223 g/mol. The first-order chi connectivity index (χ1) is 7.29. The van der Waals surface area contributed by atoms with Crippen molar-refractivity contribution in [2.24, 2.45) is 11.3 Å². The van der Waals surface area contributed by atoms with Gasteiger partial charge >= 0.3 is 0 Å². The van der Waals surface area contributed by atoms with Crippen molar-refractivity contribution in [3.63, 3.8) is 0 Å². The summed E-state index contributed by atoms with van der Waals surface area (Å²) in [7, 11) is 0. The Kier molecular flexibility index (Phi) is 3.62. The Morgan fingerprint density at radius 1 is 1.25 bits per heavy atom. The molecule has 1 aliphatic rings. The summed E-state index contributed by atoms with van der Waals surface area (Å²) < 4.78 is 0. The molecule has 88 valence electrons. The second-order valence-electron chi connectivity index (χ2n) is 5.23. The summed E-state index contributed by atoms with van der Waals surface area (Å²) in [6, 6.07) is 0. The first kappa shape index (κ1) is 12.6. The molecule has 0 atom stereocenters. The molecule has 0 aliphatic heterocycles. The lowest BCUT2D eigenvalue weighted by molar-refractivity contribution is -0.131. The molecule has 1 rings (SSSR count). The Morgan fingerprint density at radius 3 is 2.19 bits per heavy atom. The molecule has 0 aromatic carbocycles. The minimum absolute atomic E-state index is 0.00238. The number of allylic oxidation sites excluding steroid dienone is 2. The molecular weight excluding hydrogens is 206 g/mol. The van der Waals surface area contributed by atoms with E-state index in [1.54, 1.807) is 0 Å². The lowest BCUT2D eigenvalue weighted by Crippen LogP contribution is -2.34. The van der Waals surface area contributed by atoms with E-state index in [2.05, 4.69) is 5.32 Å². The Morgan fingerprint density at radius 2 is 1.75 bits per heavy atom. The fraction of sp³-hybridized carbons (Fsp3) is 0.583. The maximum absolute atomic E-state index is 11.5. The summed E-state index contributed by atoms with van der Waals surface area (Å²) in [5.41, 5.74) is -0.00238. The molecule has 1 N–H and O–H groups in total. The number of carbonyl (C=O) groups excluding carboxylic acids is 3. The molecule has 0 aromatic heterocycles. The van der Waals surface area contributed by atoms with Gasteiger partial charge in [0.2, 0.25) is 5.91 Å². The second-order valence-corrected chi connectivity index (χ2v) is 5.23. The van der Waals surface area contributed by atoms with Gasteiger partial charge in [0.1, 0.15) is 0 Å². The van der Waals surface area contributed by atoms with Crippen LogP contribution in [0.4, 0.5) is 0 Å². The molecule has 0 aromatic rings. The predicted molar refractivity (Wildman–Crippen MR) is 59.7 cm³/mol. The Hall–Kier alpha value is -1.45. The number of nitrogens with one attached hydrogen (secondary N) is 1. The van der Waals surface area contributed by atoms with Gasteiger partial charge in [-0.1, -0.05) is 20.8 Å². The van der Waals surface area contributed by atoms with Gasteiger partial charge < -0.3 is 5.32 Å². The molecule has 0 heterocycles. The minimum Gasteiger partial charge on any atom is -0.356 e. The fourth-order valence-electron chi connectivity index (χ4n) is 1.36. The van der Waals surface area contributed by atoms with Crippen LogP contribution in [0.5, 0.6) is 0 Å². The summed E-state index contributed by atoms with van der Waals surface area (Å²) in [5.74, 6) is -1.57. The van der Waals surface area contributed by atoms with Gasteiger partial charge in [-0.15, -0.1) is 0 Å². The van der Waals surface area contributed by atoms with Crippen molar-refractivity contribution in [2.75, 3.05) is 6.54 Å². The first-order valence-electron chi connectivity index (χ1n) is 5.32. The van der Waals surface area contributed by atoms with Gasteiger partial charge in [-0.05, 0) is 17.6 Å². The molecule has 1 amide bonds. The number of hydrogen-bond acceptors (Lipinski definition) is 3. The van der Waals surface area contributed by atoms with E-state index in [1.807, 2.05) is 20.8 Å². The summed E-state index contributed by atoms with van der Waals surface area (Å²) >= 11 is 0. The Bertz CT molecular complexity index is 332. The Balaban J connectivity index is 2.41. The molecule has 0 fully saturated rings. The van der Waals surface area contributed by atoms with Crippen molar-refractivity contribution in [2.45, 2.75) is 27.2 Å². The highest BCUT2D eigenvalue weighted by Crippen LogP contribution is 2.15. The van der Waals surface area contributed by atoms with Crippen LogP contribution in [0.1, 0.15) is 27.2 Å². The third-order valence-corrected chi connectivity index (χ3v) is 2.30. The van der Waals surface area contributed by atoms with Crippen LogP contribution in [-0.4, -0.2) is 24.0 Å². The number of hydrogen-bond donors (Lipinski definition) is 1. The van der Waals surface area contributed by atoms with E-state index in [1.165, 1.54) is 12.2 Å². The minimum atomic E-state index is -0.792. The SMILES string of the molecule is CC(C)(C)CNC(=O)CC1C(=O)C=CC1=O. The molecule has 4 heteroatoms. The maximum atomic E-state index is 11.5. The van der Waals surface area contributed by atoms with Gasteiger partial charge in [0.25, 0.3) is 0 Å².